The van der Waals surface area contributed by atoms with Crippen LogP contribution in [0, 0.1) is 0 Å². The molecule has 0 atom stereocenters. The minimum Gasteiger partial charge on any atom is -0.455 e. The Kier molecular flexibility index (Phi) is 8.49. The highest BCUT2D eigenvalue weighted by molar-refractivity contribution is 5.85. The molecule has 5 nitrogen and oxygen atoms in total. The number of H-pyrrole nitrogens is 2. The van der Waals surface area contributed by atoms with Crippen molar-refractivity contribution in [1.82, 2.24) is 9.97 Å². The number of benzene rings is 1. The summed E-state index contributed by atoms with van der Waals surface area (Å²) in [7, 11) is 0. The first kappa shape index (κ1) is 24.8. The molecule has 1 aliphatic carbocycles. The van der Waals surface area contributed by atoms with Gasteiger partial charge in [-0.1, -0.05) is 32.1 Å². The lowest BCUT2D eigenvalue weighted by atomic mass is 9.97. The summed E-state index contributed by atoms with van der Waals surface area (Å²) in [4.78, 5) is 11.3. The topological polar surface area (TPSA) is 62.4 Å². The fourth-order valence-electron chi connectivity index (χ4n) is 3.87. The van der Waals surface area contributed by atoms with Gasteiger partial charge in [0, 0.05) is 18.5 Å². The second-order valence-electron chi connectivity index (χ2n) is 7.94. The van der Waals surface area contributed by atoms with Gasteiger partial charge < -0.3 is 19.4 Å². The highest BCUT2D eigenvalue weighted by Gasteiger charge is 2.31. The Labute approximate surface area is 196 Å². The van der Waals surface area contributed by atoms with Crippen molar-refractivity contribution in [2.75, 3.05) is 0 Å². The van der Waals surface area contributed by atoms with Crippen LogP contribution in [0.3, 0.4) is 0 Å². The van der Waals surface area contributed by atoms with Gasteiger partial charge >= 0.3 is 6.36 Å². The van der Waals surface area contributed by atoms with Crippen LogP contribution in [-0.4, -0.2) is 28.6 Å². The van der Waals surface area contributed by atoms with Crippen molar-refractivity contribution in [3.8, 4) is 28.6 Å². The Balaban J connectivity index is 0.00000306. The van der Waals surface area contributed by atoms with Gasteiger partial charge in [-0.2, -0.15) is 0 Å². The molecule has 9 heteroatoms. The van der Waals surface area contributed by atoms with E-state index in [9.17, 15) is 13.2 Å². The van der Waals surface area contributed by atoms with Gasteiger partial charge in [0.2, 0.25) is 0 Å². The molecule has 0 saturated heterocycles. The molecule has 1 aromatic carbocycles. The van der Waals surface area contributed by atoms with E-state index >= 15 is 0 Å². The van der Waals surface area contributed by atoms with Crippen molar-refractivity contribution in [2.45, 2.75) is 57.3 Å². The van der Waals surface area contributed by atoms with Crippen molar-refractivity contribution < 1.29 is 22.6 Å². The molecule has 0 amide bonds. The molecular formula is C24H27ClF3N3O2. The molecule has 1 fully saturated rings. The van der Waals surface area contributed by atoms with Crippen molar-refractivity contribution in [2.24, 2.45) is 4.99 Å². The number of aromatic amines is 2. The van der Waals surface area contributed by atoms with Crippen LogP contribution in [0.2, 0.25) is 0 Å². The Morgan fingerprint density at radius 2 is 1.58 bits per heavy atom. The number of hydrogen-bond donors (Lipinski definition) is 2. The molecule has 2 aromatic heterocycles. The average Bonchev–Trinajstić information content (AvgIpc) is 3.38. The van der Waals surface area contributed by atoms with E-state index in [0.29, 0.717) is 23.2 Å². The number of nitrogens with one attached hydrogen (secondary N) is 2. The zero-order chi connectivity index (χ0) is 22.4. The number of alkyl halides is 3. The van der Waals surface area contributed by atoms with Gasteiger partial charge in [-0.15, -0.1) is 25.6 Å². The summed E-state index contributed by atoms with van der Waals surface area (Å²) in [6.07, 6.45) is 7.28. The molecule has 0 bridgehead atoms. The predicted molar refractivity (Wildman–Crippen MR) is 125 cm³/mol. The van der Waals surface area contributed by atoms with Gasteiger partial charge in [0.15, 0.2) is 5.75 Å². The molecule has 0 radical (unpaired) electrons. The summed E-state index contributed by atoms with van der Waals surface area (Å²) in [5.74, 6) is 0.655. The molecule has 3 aromatic rings. The first-order valence-electron chi connectivity index (χ1n) is 10.9. The lowest BCUT2D eigenvalue weighted by Crippen LogP contribution is -2.16. The van der Waals surface area contributed by atoms with Crippen LogP contribution in [0.1, 0.15) is 50.6 Å². The number of nitrogens with zero attached hydrogens (tertiary/aromatic N) is 1. The minimum atomic E-state index is -4.73. The lowest BCUT2D eigenvalue weighted by Gasteiger charge is -2.15. The summed E-state index contributed by atoms with van der Waals surface area (Å²) < 4.78 is 47.1. The summed E-state index contributed by atoms with van der Waals surface area (Å²) >= 11 is 0. The predicted octanol–water partition coefficient (Wildman–Crippen LogP) is 7.65. The first-order valence-corrected chi connectivity index (χ1v) is 10.9. The van der Waals surface area contributed by atoms with E-state index < -0.39 is 6.36 Å². The number of aliphatic imine (C=N–C) groups is 1. The van der Waals surface area contributed by atoms with E-state index in [0.717, 1.165) is 24.2 Å². The largest absolute Gasteiger partial charge is 0.573 e. The van der Waals surface area contributed by atoms with E-state index in [-0.39, 0.29) is 18.2 Å². The van der Waals surface area contributed by atoms with Crippen LogP contribution < -0.4 is 9.47 Å². The van der Waals surface area contributed by atoms with Crippen LogP contribution in [0.15, 0.2) is 53.7 Å². The summed E-state index contributed by atoms with van der Waals surface area (Å²) in [5, 5.41) is 0. The van der Waals surface area contributed by atoms with Gasteiger partial charge in [-0.3, -0.25) is 4.99 Å². The summed E-state index contributed by atoms with van der Waals surface area (Å²) in [6.45, 7) is 0. The normalized spacial score (nSPS) is 15.6. The standard InChI is InChI=1S/C24H26F3N3O2.ClH/c25-24(26,27)32-19-12-10-18(11-13-19)31-23-15-21(20-9-6-14-28-20)30-22(23)16-29-17-7-4-2-1-3-5-8-17;/h6,9-17,28,30H,1-5,7-8H2;1H. The van der Waals surface area contributed by atoms with Crippen molar-refractivity contribution in [3.63, 3.8) is 0 Å². The SMILES string of the molecule is Cl.FC(F)(F)Oc1ccc(Oc2cc(-c3ccc[nH]3)[nH]c2C=NC2CCCCCCC2)cc1. The Hall–Kier alpha value is -2.87. The maximum absolute atomic E-state index is 12.4. The van der Waals surface area contributed by atoms with Gasteiger partial charge in [0.1, 0.15) is 17.2 Å². The smallest absolute Gasteiger partial charge is 0.455 e. The monoisotopic (exact) mass is 481 g/mol. The van der Waals surface area contributed by atoms with E-state index in [2.05, 4.69) is 14.7 Å². The number of halogens is 4. The fourth-order valence-corrected chi connectivity index (χ4v) is 3.87. The Morgan fingerprint density at radius 3 is 2.21 bits per heavy atom. The second-order valence-corrected chi connectivity index (χ2v) is 7.94. The zero-order valence-electron chi connectivity index (χ0n) is 18.0. The minimum absolute atomic E-state index is 0. The molecule has 2 heterocycles. The van der Waals surface area contributed by atoms with Crippen molar-refractivity contribution >= 4 is 18.6 Å². The zero-order valence-corrected chi connectivity index (χ0v) is 18.8. The lowest BCUT2D eigenvalue weighted by molar-refractivity contribution is -0.274. The average molecular weight is 482 g/mol. The number of aromatic nitrogens is 2. The molecule has 178 valence electrons. The highest BCUT2D eigenvalue weighted by atomic mass is 35.5. The first-order chi connectivity index (χ1) is 15.5. The van der Waals surface area contributed by atoms with E-state index in [1.807, 2.05) is 30.6 Å². The number of ether oxygens (including phenoxy) is 2. The van der Waals surface area contributed by atoms with E-state index in [1.165, 1.54) is 56.4 Å². The maximum atomic E-state index is 12.4. The summed E-state index contributed by atoms with van der Waals surface area (Å²) in [6, 6.07) is 11.3. The molecule has 2 N–H and O–H groups in total. The number of rotatable bonds is 6. The third-order valence-corrected chi connectivity index (χ3v) is 5.47. The van der Waals surface area contributed by atoms with Crippen LogP contribution in [0.5, 0.6) is 17.2 Å². The Morgan fingerprint density at radius 1 is 0.909 bits per heavy atom. The molecular weight excluding hydrogens is 455 g/mol. The molecule has 1 saturated carbocycles. The Bertz CT molecular complexity index is 1010. The molecule has 0 spiro atoms. The van der Waals surface area contributed by atoms with Gasteiger partial charge in [0.05, 0.1) is 17.4 Å². The van der Waals surface area contributed by atoms with Crippen LogP contribution in [0.25, 0.3) is 11.4 Å². The van der Waals surface area contributed by atoms with Gasteiger partial charge in [-0.25, -0.2) is 0 Å². The molecule has 0 aliphatic heterocycles. The van der Waals surface area contributed by atoms with Crippen LogP contribution in [0.4, 0.5) is 13.2 Å². The molecule has 33 heavy (non-hydrogen) atoms. The van der Waals surface area contributed by atoms with Crippen LogP contribution in [-0.2, 0) is 0 Å². The molecule has 0 unspecified atom stereocenters. The third kappa shape index (κ3) is 7.32. The second kappa shape index (κ2) is 11.3. The van der Waals surface area contributed by atoms with E-state index in [4.69, 9.17) is 9.73 Å². The quantitative estimate of drug-likeness (QED) is 0.355. The maximum Gasteiger partial charge on any atom is 0.573 e. The van der Waals surface area contributed by atoms with E-state index in [1.54, 1.807) is 0 Å². The summed E-state index contributed by atoms with van der Waals surface area (Å²) in [5.41, 5.74) is 2.45. The van der Waals surface area contributed by atoms with Crippen LogP contribution >= 0.6 is 12.4 Å². The molecule has 1 aliphatic rings. The van der Waals surface area contributed by atoms with Gasteiger partial charge in [-0.05, 0) is 49.2 Å². The fraction of sp³-hybridized carbons (Fsp3) is 0.375. The van der Waals surface area contributed by atoms with Gasteiger partial charge in [0.25, 0.3) is 0 Å². The van der Waals surface area contributed by atoms with Crippen molar-refractivity contribution in [1.29, 1.82) is 0 Å². The molecule has 4 rings (SSSR count). The third-order valence-electron chi connectivity index (χ3n) is 5.47. The van der Waals surface area contributed by atoms with Crippen molar-refractivity contribution in [3.05, 3.63) is 54.4 Å². The highest BCUT2D eigenvalue weighted by Crippen LogP contribution is 2.32. The number of hydrogen-bond acceptors (Lipinski definition) is 3.